The number of phosphoric acid groups is 1. The first-order valence-electron chi connectivity index (χ1n) is 15.2. The number of allylic oxidation sites excluding steroid dienone is 2. The summed E-state index contributed by atoms with van der Waals surface area (Å²) < 4.78 is 26.4. The molecule has 0 aliphatic heterocycles. The highest BCUT2D eigenvalue weighted by molar-refractivity contribution is 7.47. The van der Waals surface area contributed by atoms with Crippen molar-refractivity contribution in [3.8, 4) is 0 Å². The van der Waals surface area contributed by atoms with E-state index in [1.807, 2.05) is 0 Å². The van der Waals surface area contributed by atoms with E-state index in [-0.39, 0.29) is 12.8 Å². The standard InChI is InChI=1S/C29H54NO10P/c1-3-5-7-9-10-11-12-13-14-15-17-18-20-27(32)30-26(29(34)35)24-40-41(36,37)39-23-25(31)22-38-28(33)21-19-16-8-6-4-2/h10-11,25-26,31H,3-9,12-24H2,1-2H3,(H,30,32)(H,34,35)(H,36,37)/b11-10-. The lowest BCUT2D eigenvalue weighted by molar-refractivity contribution is -0.147. The van der Waals surface area contributed by atoms with Gasteiger partial charge in [-0.25, -0.2) is 9.36 Å². The number of hydrogen-bond donors (Lipinski definition) is 4. The molecule has 0 bridgehead atoms. The SMILES string of the molecule is CCCCC/C=C\CCCCCCCC(=O)NC(COP(=O)(O)OCC(O)COC(=O)CCCCCCC)C(=O)O. The Kier molecular flexibility index (Phi) is 24.8. The number of amides is 1. The van der Waals surface area contributed by atoms with Crippen LogP contribution in [0.5, 0.6) is 0 Å². The van der Waals surface area contributed by atoms with Crippen molar-refractivity contribution in [2.24, 2.45) is 0 Å². The molecule has 0 saturated heterocycles. The number of ether oxygens (including phenoxy) is 1. The summed E-state index contributed by atoms with van der Waals surface area (Å²) in [6.45, 7) is 2.39. The maximum atomic E-state index is 12.1. The van der Waals surface area contributed by atoms with Gasteiger partial charge in [-0.2, -0.15) is 0 Å². The monoisotopic (exact) mass is 607 g/mol. The molecule has 0 fully saturated rings. The summed E-state index contributed by atoms with van der Waals surface area (Å²) in [5.41, 5.74) is 0. The van der Waals surface area contributed by atoms with Crippen LogP contribution in [0.2, 0.25) is 0 Å². The quantitative estimate of drug-likeness (QED) is 0.0368. The second-order valence-electron chi connectivity index (χ2n) is 10.3. The number of hydrogen-bond acceptors (Lipinski definition) is 8. The maximum absolute atomic E-state index is 12.1. The molecule has 11 nitrogen and oxygen atoms in total. The second kappa shape index (κ2) is 25.9. The van der Waals surface area contributed by atoms with E-state index in [9.17, 15) is 34.1 Å². The molecule has 4 N–H and O–H groups in total. The van der Waals surface area contributed by atoms with Crippen LogP contribution in [0.3, 0.4) is 0 Å². The number of unbranched alkanes of at least 4 members (excludes halogenated alkanes) is 12. The lowest BCUT2D eigenvalue weighted by atomic mass is 10.1. The highest BCUT2D eigenvalue weighted by Gasteiger charge is 2.28. The van der Waals surface area contributed by atoms with Crippen LogP contribution < -0.4 is 5.32 Å². The molecule has 3 unspecified atom stereocenters. The Labute approximate surface area is 246 Å². The summed E-state index contributed by atoms with van der Waals surface area (Å²) in [7, 11) is -4.73. The van der Waals surface area contributed by atoms with Crippen LogP contribution >= 0.6 is 7.82 Å². The number of aliphatic hydroxyl groups is 1. The Bertz CT molecular complexity index is 777. The second-order valence-corrected chi connectivity index (χ2v) is 11.7. The smallest absolute Gasteiger partial charge is 0.472 e. The first kappa shape index (κ1) is 39.2. The van der Waals surface area contributed by atoms with E-state index in [1.165, 1.54) is 19.3 Å². The van der Waals surface area contributed by atoms with Gasteiger partial charge in [0.2, 0.25) is 5.91 Å². The third-order valence-electron chi connectivity index (χ3n) is 6.30. The minimum Gasteiger partial charge on any atom is -0.480 e. The van der Waals surface area contributed by atoms with E-state index in [0.29, 0.717) is 12.8 Å². The number of aliphatic hydroxyl groups excluding tert-OH is 1. The van der Waals surface area contributed by atoms with Gasteiger partial charge >= 0.3 is 19.8 Å². The molecule has 0 aromatic heterocycles. The molecular formula is C29H54NO10P. The molecule has 0 aromatic carbocycles. The summed E-state index contributed by atoms with van der Waals surface area (Å²) in [5, 5.41) is 21.5. The molecule has 0 heterocycles. The Morgan fingerprint density at radius 3 is 1.90 bits per heavy atom. The lowest BCUT2D eigenvalue weighted by Gasteiger charge is -2.18. The fourth-order valence-electron chi connectivity index (χ4n) is 3.84. The van der Waals surface area contributed by atoms with Crippen LogP contribution in [-0.2, 0) is 32.7 Å². The average Bonchev–Trinajstić information content (AvgIpc) is 2.93. The van der Waals surface area contributed by atoms with Crippen molar-refractivity contribution in [2.45, 2.75) is 135 Å². The molecule has 0 aliphatic carbocycles. The summed E-state index contributed by atoms with van der Waals surface area (Å²) in [6.07, 6.45) is 18.8. The van der Waals surface area contributed by atoms with Crippen LogP contribution in [0.1, 0.15) is 123 Å². The summed E-state index contributed by atoms with van der Waals surface area (Å²) in [5.74, 6) is -2.40. The maximum Gasteiger partial charge on any atom is 0.472 e. The Balaban J connectivity index is 4.10. The lowest BCUT2D eigenvalue weighted by Crippen LogP contribution is -2.43. The summed E-state index contributed by atoms with van der Waals surface area (Å²) in [6, 6.07) is -1.54. The van der Waals surface area contributed by atoms with Crippen molar-refractivity contribution < 1.29 is 47.8 Å². The molecule has 3 atom stereocenters. The fourth-order valence-corrected chi connectivity index (χ4v) is 4.61. The first-order chi connectivity index (χ1) is 19.6. The zero-order valence-corrected chi connectivity index (χ0v) is 26.0. The van der Waals surface area contributed by atoms with E-state index in [4.69, 9.17) is 9.26 Å². The average molecular weight is 608 g/mol. The van der Waals surface area contributed by atoms with Gasteiger partial charge in [0.25, 0.3) is 0 Å². The largest absolute Gasteiger partial charge is 0.480 e. The van der Waals surface area contributed by atoms with Crippen molar-refractivity contribution in [2.75, 3.05) is 19.8 Å². The number of phosphoric ester groups is 1. The number of carboxylic acid groups (broad SMARTS) is 1. The van der Waals surface area contributed by atoms with Gasteiger partial charge in [0.15, 0.2) is 6.04 Å². The molecule has 0 spiro atoms. The molecule has 41 heavy (non-hydrogen) atoms. The first-order valence-corrected chi connectivity index (χ1v) is 16.7. The number of carbonyl (C=O) groups is 3. The van der Waals surface area contributed by atoms with E-state index in [1.54, 1.807) is 0 Å². The van der Waals surface area contributed by atoms with Crippen LogP contribution in [0.4, 0.5) is 0 Å². The minimum atomic E-state index is -4.73. The van der Waals surface area contributed by atoms with E-state index in [0.717, 1.165) is 64.2 Å². The van der Waals surface area contributed by atoms with Gasteiger partial charge in [-0.1, -0.05) is 83.8 Å². The van der Waals surface area contributed by atoms with Gasteiger partial charge in [0.1, 0.15) is 12.7 Å². The summed E-state index contributed by atoms with van der Waals surface area (Å²) >= 11 is 0. The number of nitrogens with one attached hydrogen (secondary N) is 1. The highest BCUT2D eigenvalue weighted by atomic mass is 31.2. The molecule has 0 rings (SSSR count). The molecule has 0 aromatic rings. The zero-order chi connectivity index (χ0) is 30.8. The minimum absolute atomic E-state index is 0.137. The van der Waals surface area contributed by atoms with E-state index >= 15 is 0 Å². The van der Waals surface area contributed by atoms with Gasteiger partial charge in [0, 0.05) is 12.8 Å². The fraction of sp³-hybridized carbons (Fsp3) is 0.828. The third kappa shape index (κ3) is 25.6. The van der Waals surface area contributed by atoms with Crippen molar-refractivity contribution in [1.29, 1.82) is 0 Å². The number of carbonyl (C=O) groups excluding carboxylic acids is 2. The molecular weight excluding hydrogens is 553 g/mol. The molecule has 0 aliphatic rings. The number of carboxylic acids is 1. The van der Waals surface area contributed by atoms with Gasteiger partial charge < -0.3 is 25.2 Å². The van der Waals surface area contributed by atoms with Gasteiger partial charge in [-0.05, 0) is 38.5 Å². The van der Waals surface area contributed by atoms with Gasteiger partial charge in [0.05, 0.1) is 13.2 Å². The molecule has 240 valence electrons. The van der Waals surface area contributed by atoms with Crippen molar-refractivity contribution >= 4 is 25.7 Å². The third-order valence-corrected chi connectivity index (χ3v) is 7.26. The normalized spacial score (nSPS) is 14.4. The van der Waals surface area contributed by atoms with Gasteiger partial charge in [-0.3, -0.25) is 18.6 Å². The van der Waals surface area contributed by atoms with E-state index in [2.05, 4.69) is 35.8 Å². The van der Waals surface area contributed by atoms with Crippen LogP contribution in [0.15, 0.2) is 12.2 Å². The van der Waals surface area contributed by atoms with Crippen LogP contribution in [0, 0.1) is 0 Å². The Morgan fingerprint density at radius 2 is 1.27 bits per heavy atom. The molecule has 0 saturated carbocycles. The van der Waals surface area contributed by atoms with E-state index < -0.39 is 57.6 Å². The zero-order valence-electron chi connectivity index (χ0n) is 25.1. The van der Waals surface area contributed by atoms with Crippen molar-refractivity contribution in [3.05, 3.63) is 12.2 Å². The predicted octanol–water partition coefficient (Wildman–Crippen LogP) is 5.82. The number of rotatable bonds is 28. The van der Waals surface area contributed by atoms with Crippen LogP contribution in [-0.4, -0.2) is 64.9 Å². The molecule has 12 heteroatoms. The van der Waals surface area contributed by atoms with Crippen molar-refractivity contribution in [3.63, 3.8) is 0 Å². The number of aliphatic carboxylic acids is 1. The topological polar surface area (TPSA) is 169 Å². The molecule has 1 amide bonds. The number of esters is 1. The van der Waals surface area contributed by atoms with Crippen molar-refractivity contribution in [1.82, 2.24) is 5.32 Å². The Morgan fingerprint density at radius 1 is 0.756 bits per heavy atom. The summed E-state index contributed by atoms with van der Waals surface area (Å²) in [4.78, 5) is 45.1. The van der Waals surface area contributed by atoms with Crippen LogP contribution in [0.25, 0.3) is 0 Å². The molecule has 0 radical (unpaired) electrons. The van der Waals surface area contributed by atoms with Gasteiger partial charge in [-0.15, -0.1) is 0 Å². The predicted molar refractivity (Wildman–Crippen MR) is 157 cm³/mol. The highest BCUT2D eigenvalue weighted by Crippen LogP contribution is 2.43. The Hall–Kier alpha value is -1.78.